The first-order valence-electron chi connectivity index (χ1n) is 10.0. The van der Waals surface area contributed by atoms with Gasteiger partial charge in [0, 0.05) is 34.9 Å². The number of nitroso groups, excluding NO2 is 1. The topological polar surface area (TPSA) is 79.8 Å². The summed E-state index contributed by atoms with van der Waals surface area (Å²) in [7, 11) is 0. The number of nitrogens with zero attached hydrogens (tertiary/aromatic N) is 2. The lowest BCUT2D eigenvalue weighted by Gasteiger charge is -2.38. The lowest BCUT2D eigenvalue weighted by molar-refractivity contribution is -0.672. The zero-order valence-corrected chi connectivity index (χ0v) is 17.0. The van der Waals surface area contributed by atoms with Crippen LogP contribution < -0.4 is 11.1 Å². The van der Waals surface area contributed by atoms with Crippen LogP contribution in [0, 0.1) is 10.8 Å². The van der Waals surface area contributed by atoms with E-state index in [1.807, 2.05) is 4.90 Å². The first-order chi connectivity index (χ1) is 14.3. The van der Waals surface area contributed by atoms with Gasteiger partial charge in [0.25, 0.3) is 12.3 Å². The van der Waals surface area contributed by atoms with Gasteiger partial charge in [-0.25, -0.2) is 10.2 Å². The third-order valence-electron chi connectivity index (χ3n) is 5.97. The number of benzene rings is 1. The maximum absolute atomic E-state index is 13.4. The summed E-state index contributed by atoms with van der Waals surface area (Å²) in [4.78, 5) is 15.4. The Morgan fingerprint density at radius 2 is 2.13 bits per heavy atom. The lowest BCUT2D eigenvalue weighted by Crippen LogP contribution is -2.62. The van der Waals surface area contributed by atoms with Gasteiger partial charge in [-0.15, -0.1) is 0 Å². The molecule has 3 aliphatic heterocycles. The summed E-state index contributed by atoms with van der Waals surface area (Å²) in [5.41, 5.74) is 5.06. The molecule has 0 aromatic heterocycles. The monoisotopic (exact) mass is 449 g/mol. The van der Waals surface area contributed by atoms with Crippen molar-refractivity contribution >= 4 is 11.6 Å². The van der Waals surface area contributed by atoms with E-state index in [0.29, 0.717) is 39.4 Å². The highest BCUT2D eigenvalue weighted by Gasteiger charge is 2.52. The predicted molar refractivity (Wildman–Crippen MR) is 103 cm³/mol. The van der Waals surface area contributed by atoms with Crippen molar-refractivity contribution in [3.05, 3.63) is 39.3 Å². The molecule has 3 fully saturated rings. The smallest absolute Gasteiger partial charge is 0.376 e. The summed E-state index contributed by atoms with van der Waals surface area (Å²) >= 11 is 5.74. The number of halogens is 4. The SMILES string of the molecule is NCC1CCN(C2C(OC3COC3)CNC(c3ccc(Cl)c(C(F)(F)F)c3)[N+]2=O)C1. The molecule has 4 atom stereocenters. The molecule has 1 aromatic carbocycles. The molecule has 0 saturated carbocycles. The number of nitrogens with two attached hydrogens (primary N) is 1. The molecule has 3 N–H and O–H groups in total. The van der Waals surface area contributed by atoms with Crippen molar-refractivity contribution < 1.29 is 27.4 Å². The summed E-state index contributed by atoms with van der Waals surface area (Å²) in [5.74, 6) is 0.284. The average Bonchev–Trinajstić information content (AvgIpc) is 3.13. The molecule has 3 aliphatic rings. The average molecular weight is 450 g/mol. The third kappa shape index (κ3) is 4.35. The van der Waals surface area contributed by atoms with Gasteiger partial charge in [-0.2, -0.15) is 13.2 Å². The number of hydrogen-bond donors (Lipinski definition) is 2. The van der Waals surface area contributed by atoms with E-state index in [4.69, 9.17) is 26.8 Å². The van der Waals surface area contributed by atoms with Crippen LogP contribution in [0.3, 0.4) is 0 Å². The number of rotatable bonds is 5. The molecule has 0 aliphatic carbocycles. The van der Waals surface area contributed by atoms with E-state index in [1.165, 1.54) is 12.1 Å². The van der Waals surface area contributed by atoms with Crippen LogP contribution in [-0.4, -0.2) is 67.4 Å². The molecule has 30 heavy (non-hydrogen) atoms. The molecular weight excluding hydrogens is 425 g/mol. The van der Waals surface area contributed by atoms with E-state index in [1.54, 1.807) is 0 Å². The highest BCUT2D eigenvalue weighted by atomic mass is 35.5. The summed E-state index contributed by atoms with van der Waals surface area (Å²) in [6.07, 6.45) is -5.81. The van der Waals surface area contributed by atoms with Gasteiger partial charge < -0.3 is 15.2 Å². The van der Waals surface area contributed by atoms with Gasteiger partial charge in [0.1, 0.15) is 6.10 Å². The van der Waals surface area contributed by atoms with Gasteiger partial charge in [-0.3, -0.25) is 0 Å². The third-order valence-corrected chi connectivity index (χ3v) is 6.30. The minimum Gasteiger partial charge on any atom is -0.376 e. The second-order valence-corrected chi connectivity index (χ2v) is 8.45. The Kier molecular flexibility index (Phi) is 6.34. The number of nitrogens with one attached hydrogen (secondary N) is 1. The van der Waals surface area contributed by atoms with Crippen molar-refractivity contribution in [1.82, 2.24) is 10.2 Å². The van der Waals surface area contributed by atoms with Crippen LogP contribution in [0.5, 0.6) is 0 Å². The fourth-order valence-electron chi connectivity index (χ4n) is 4.28. The van der Waals surface area contributed by atoms with E-state index >= 15 is 0 Å². The van der Waals surface area contributed by atoms with Gasteiger partial charge >= 0.3 is 6.18 Å². The van der Waals surface area contributed by atoms with E-state index in [9.17, 15) is 18.1 Å². The molecule has 0 bridgehead atoms. The minimum absolute atomic E-state index is 0.0791. The van der Waals surface area contributed by atoms with Crippen LogP contribution in [0.4, 0.5) is 13.2 Å². The van der Waals surface area contributed by atoms with Crippen LogP contribution in [0.15, 0.2) is 18.2 Å². The van der Waals surface area contributed by atoms with Crippen molar-refractivity contribution in [2.75, 3.05) is 39.4 Å². The quantitative estimate of drug-likeness (QED) is 0.670. The Morgan fingerprint density at radius 3 is 2.73 bits per heavy atom. The molecule has 166 valence electrons. The normalized spacial score (nSPS) is 31.2. The fraction of sp³-hybridized carbons (Fsp3) is 0.684. The van der Waals surface area contributed by atoms with Crippen LogP contribution in [0.25, 0.3) is 0 Å². The second-order valence-electron chi connectivity index (χ2n) is 8.04. The Labute approximate surface area is 177 Å². The molecular formula is C19H25ClF3N4O3+. The predicted octanol–water partition coefficient (Wildman–Crippen LogP) is 2.13. The second kappa shape index (κ2) is 8.68. The van der Waals surface area contributed by atoms with Gasteiger partial charge in [-0.05, 0) is 37.1 Å². The van der Waals surface area contributed by atoms with Crippen LogP contribution in [0.1, 0.15) is 23.7 Å². The van der Waals surface area contributed by atoms with E-state index in [0.717, 1.165) is 17.2 Å². The molecule has 11 heteroatoms. The Hall–Kier alpha value is -1.30. The summed E-state index contributed by atoms with van der Waals surface area (Å²) in [6, 6.07) is 3.57. The Bertz CT molecular complexity index is 793. The van der Waals surface area contributed by atoms with Crippen molar-refractivity contribution in [1.29, 1.82) is 0 Å². The molecule has 7 nitrogen and oxygen atoms in total. The van der Waals surface area contributed by atoms with Crippen molar-refractivity contribution in [2.45, 2.75) is 37.1 Å². The maximum atomic E-state index is 13.4. The Morgan fingerprint density at radius 1 is 1.37 bits per heavy atom. The highest BCUT2D eigenvalue weighted by Crippen LogP contribution is 2.37. The van der Waals surface area contributed by atoms with E-state index in [2.05, 4.69) is 5.32 Å². The van der Waals surface area contributed by atoms with Gasteiger partial charge in [0.15, 0.2) is 6.10 Å². The van der Waals surface area contributed by atoms with Crippen LogP contribution in [0.2, 0.25) is 5.02 Å². The Balaban J connectivity index is 1.60. The van der Waals surface area contributed by atoms with Crippen LogP contribution >= 0.6 is 11.6 Å². The minimum atomic E-state index is -4.60. The van der Waals surface area contributed by atoms with Gasteiger partial charge in [0.05, 0.1) is 23.8 Å². The standard InChI is InChI=1S/C19H25ClF3N4O3/c20-15-2-1-12(5-14(15)19(21,22)23)17-25-7-16(30-13-9-29-10-13)18(27(17)28)26-4-3-11(6-24)8-26/h1-2,5,11,13,16-18,25H,3-4,6-10,24H2/q+1. The zero-order chi connectivity index (χ0) is 21.5. The molecule has 0 radical (unpaired) electrons. The summed E-state index contributed by atoms with van der Waals surface area (Å²) in [5, 5.41) is 2.66. The summed E-state index contributed by atoms with van der Waals surface area (Å²) < 4.78 is 51.9. The van der Waals surface area contributed by atoms with E-state index in [-0.39, 0.29) is 17.6 Å². The van der Waals surface area contributed by atoms with E-state index < -0.39 is 35.2 Å². The molecule has 4 rings (SSSR count). The zero-order valence-electron chi connectivity index (χ0n) is 16.3. The number of hydrogen-bond acceptors (Lipinski definition) is 6. The molecule has 3 saturated heterocycles. The summed E-state index contributed by atoms with van der Waals surface area (Å²) in [6.45, 7) is 3.15. The number of likely N-dealkylation sites (tertiary alicyclic amines) is 1. The maximum Gasteiger partial charge on any atom is 0.417 e. The molecule has 4 unspecified atom stereocenters. The first-order valence-corrected chi connectivity index (χ1v) is 10.4. The highest BCUT2D eigenvalue weighted by molar-refractivity contribution is 6.31. The van der Waals surface area contributed by atoms with Gasteiger partial charge in [-0.1, -0.05) is 11.6 Å². The molecule has 1 aromatic rings. The van der Waals surface area contributed by atoms with Crippen molar-refractivity contribution in [3.63, 3.8) is 0 Å². The lowest BCUT2D eigenvalue weighted by atomic mass is 10.0. The molecule has 0 spiro atoms. The largest absolute Gasteiger partial charge is 0.417 e. The molecule has 3 heterocycles. The van der Waals surface area contributed by atoms with Crippen molar-refractivity contribution in [2.24, 2.45) is 11.7 Å². The number of ether oxygens (including phenoxy) is 2. The molecule has 0 amide bonds. The van der Waals surface area contributed by atoms with Crippen LogP contribution in [-0.2, 0) is 15.7 Å². The number of alkyl halides is 3. The van der Waals surface area contributed by atoms with Gasteiger partial charge in [0.2, 0.25) is 0 Å². The van der Waals surface area contributed by atoms with Crippen molar-refractivity contribution in [3.8, 4) is 0 Å². The fourth-order valence-corrected chi connectivity index (χ4v) is 4.51. The first kappa shape index (κ1) is 21.9.